The second kappa shape index (κ2) is 11.2. The maximum absolute atomic E-state index is 11.8. The highest BCUT2D eigenvalue weighted by Gasteiger charge is 2.19. The molecule has 114 valence electrons. The van der Waals surface area contributed by atoms with E-state index in [-0.39, 0.29) is 12.0 Å². The van der Waals surface area contributed by atoms with Gasteiger partial charge in [-0.2, -0.15) is 0 Å². The first-order chi connectivity index (χ1) is 9.01. The van der Waals surface area contributed by atoms with Gasteiger partial charge in [0, 0.05) is 13.1 Å². The number of hydrogen-bond acceptors (Lipinski definition) is 5. The third-order valence-corrected chi connectivity index (χ3v) is 2.94. The van der Waals surface area contributed by atoms with E-state index in [1.165, 1.54) is 0 Å². The lowest BCUT2D eigenvalue weighted by molar-refractivity contribution is -0.145. The van der Waals surface area contributed by atoms with Crippen molar-refractivity contribution in [2.24, 2.45) is 0 Å². The summed E-state index contributed by atoms with van der Waals surface area (Å²) in [6.45, 7) is 8.17. The molecular formula is C14H31N3O2. The maximum Gasteiger partial charge on any atom is 0.323 e. The van der Waals surface area contributed by atoms with E-state index >= 15 is 0 Å². The van der Waals surface area contributed by atoms with Crippen molar-refractivity contribution in [3.8, 4) is 0 Å². The Balaban J connectivity index is 4.05. The molecule has 5 nitrogen and oxygen atoms in total. The highest BCUT2D eigenvalue weighted by Crippen LogP contribution is 1.99. The van der Waals surface area contributed by atoms with Gasteiger partial charge >= 0.3 is 5.97 Å². The normalized spacial score (nSPS) is 13.0. The molecule has 0 aromatic rings. The lowest BCUT2D eigenvalue weighted by Crippen LogP contribution is -2.41. The Labute approximate surface area is 118 Å². The van der Waals surface area contributed by atoms with E-state index in [4.69, 9.17) is 4.74 Å². The summed E-state index contributed by atoms with van der Waals surface area (Å²) < 4.78 is 5.10. The molecule has 0 aliphatic rings. The molecule has 0 radical (unpaired) electrons. The van der Waals surface area contributed by atoms with Crippen molar-refractivity contribution in [2.75, 3.05) is 53.9 Å². The minimum absolute atomic E-state index is 0.128. The Morgan fingerprint density at radius 1 is 1.16 bits per heavy atom. The van der Waals surface area contributed by atoms with E-state index in [0.717, 1.165) is 39.0 Å². The second-order valence-corrected chi connectivity index (χ2v) is 5.15. The van der Waals surface area contributed by atoms with Crippen LogP contribution in [0, 0.1) is 0 Å². The van der Waals surface area contributed by atoms with Gasteiger partial charge in [-0.1, -0.05) is 6.92 Å². The van der Waals surface area contributed by atoms with Crippen LogP contribution in [0.25, 0.3) is 0 Å². The van der Waals surface area contributed by atoms with Gasteiger partial charge in [0.2, 0.25) is 0 Å². The minimum Gasteiger partial charge on any atom is -0.465 e. The van der Waals surface area contributed by atoms with Crippen LogP contribution in [0.5, 0.6) is 0 Å². The third kappa shape index (κ3) is 9.87. The molecule has 1 N–H and O–H groups in total. The zero-order valence-electron chi connectivity index (χ0n) is 13.2. The molecule has 0 amide bonds. The van der Waals surface area contributed by atoms with Gasteiger partial charge in [-0.25, -0.2) is 0 Å². The minimum atomic E-state index is -0.179. The molecule has 0 saturated heterocycles. The molecule has 0 aliphatic heterocycles. The first kappa shape index (κ1) is 18.4. The molecule has 0 heterocycles. The molecule has 0 aliphatic carbocycles. The number of rotatable bonds is 11. The number of likely N-dealkylation sites (N-methyl/N-ethyl adjacent to an activating group) is 2. The fraction of sp³-hybridized carbons (Fsp3) is 0.929. The lowest BCUT2D eigenvalue weighted by atomic mass is 10.2. The lowest BCUT2D eigenvalue weighted by Gasteiger charge is -2.22. The van der Waals surface area contributed by atoms with Crippen LogP contribution in [0.1, 0.15) is 26.7 Å². The van der Waals surface area contributed by atoms with Crippen LogP contribution in [-0.4, -0.2) is 75.7 Å². The van der Waals surface area contributed by atoms with Crippen LogP contribution in [0.3, 0.4) is 0 Å². The third-order valence-electron chi connectivity index (χ3n) is 2.94. The first-order valence-electron chi connectivity index (χ1n) is 7.24. The van der Waals surface area contributed by atoms with Crippen LogP contribution in [0.2, 0.25) is 0 Å². The molecule has 1 unspecified atom stereocenters. The number of carbonyl (C=O) groups excluding carboxylic acids is 1. The summed E-state index contributed by atoms with van der Waals surface area (Å²) in [6.07, 6.45) is 1.81. The molecule has 0 aromatic carbocycles. The number of nitrogens with zero attached hydrogens (tertiary/aromatic N) is 2. The number of ether oxygens (including phenoxy) is 1. The highest BCUT2D eigenvalue weighted by atomic mass is 16.5. The van der Waals surface area contributed by atoms with Crippen LogP contribution < -0.4 is 5.32 Å². The van der Waals surface area contributed by atoms with E-state index in [1.807, 2.05) is 6.92 Å². The van der Waals surface area contributed by atoms with E-state index < -0.39 is 0 Å². The topological polar surface area (TPSA) is 44.8 Å². The molecule has 0 aromatic heterocycles. The summed E-state index contributed by atoms with van der Waals surface area (Å²) in [5.74, 6) is -0.128. The van der Waals surface area contributed by atoms with Gasteiger partial charge in [0.15, 0.2) is 0 Å². The summed E-state index contributed by atoms with van der Waals surface area (Å²) in [5, 5.41) is 3.26. The molecule has 0 fully saturated rings. The molecule has 0 bridgehead atoms. The molecule has 19 heavy (non-hydrogen) atoms. The number of esters is 1. The number of hydrogen-bond donors (Lipinski definition) is 1. The van der Waals surface area contributed by atoms with Gasteiger partial charge in [0.05, 0.1) is 6.61 Å². The van der Waals surface area contributed by atoms with Crippen molar-refractivity contribution in [3.63, 3.8) is 0 Å². The van der Waals surface area contributed by atoms with E-state index in [2.05, 4.69) is 43.2 Å². The van der Waals surface area contributed by atoms with Crippen molar-refractivity contribution in [1.29, 1.82) is 0 Å². The van der Waals surface area contributed by atoms with E-state index in [9.17, 15) is 4.79 Å². The second-order valence-electron chi connectivity index (χ2n) is 5.15. The van der Waals surface area contributed by atoms with Crippen molar-refractivity contribution < 1.29 is 9.53 Å². The van der Waals surface area contributed by atoms with Crippen molar-refractivity contribution in [2.45, 2.75) is 32.7 Å². The van der Waals surface area contributed by atoms with E-state index in [1.54, 1.807) is 0 Å². The quantitative estimate of drug-likeness (QED) is 0.564. The zero-order chi connectivity index (χ0) is 14.7. The van der Waals surface area contributed by atoms with Gasteiger partial charge in [-0.3, -0.25) is 4.79 Å². The number of carbonyl (C=O) groups is 1. The molecule has 0 spiro atoms. The maximum atomic E-state index is 11.8. The SMILES string of the molecule is CCCNC(CCN(C)CCN(C)C)C(=O)OCC. The van der Waals surface area contributed by atoms with Crippen LogP contribution >= 0.6 is 0 Å². The van der Waals surface area contributed by atoms with E-state index in [0.29, 0.717) is 6.61 Å². The summed E-state index contributed by atoms with van der Waals surface area (Å²) in [5.41, 5.74) is 0. The standard InChI is InChI=1S/C14H31N3O2/c1-6-9-15-13(14(18)19-7-2)8-10-17(5)12-11-16(3)4/h13,15H,6-12H2,1-5H3. The predicted molar refractivity (Wildman–Crippen MR) is 79.4 cm³/mol. The van der Waals surface area contributed by atoms with Crippen molar-refractivity contribution in [3.05, 3.63) is 0 Å². The van der Waals surface area contributed by atoms with Crippen LogP contribution in [0.4, 0.5) is 0 Å². The molecular weight excluding hydrogens is 242 g/mol. The largest absolute Gasteiger partial charge is 0.465 e. The highest BCUT2D eigenvalue weighted by molar-refractivity contribution is 5.75. The Hall–Kier alpha value is -0.650. The first-order valence-corrected chi connectivity index (χ1v) is 7.24. The summed E-state index contributed by atoms with van der Waals surface area (Å²) >= 11 is 0. The van der Waals surface area contributed by atoms with Crippen LogP contribution in [0.15, 0.2) is 0 Å². The number of nitrogens with one attached hydrogen (secondary N) is 1. The van der Waals surface area contributed by atoms with Gasteiger partial charge in [0.25, 0.3) is 0 Å². The van der Waals surface area contributed by atoms with Crippen molar-refractivity contribution >= 4 is 5.97 Å². The molecule has 1 atom stereocenters. The fourth-order valence-electron chi connectivity index (χ4n) is 1.70. The van der Waals surface area contributed by atoms with Gasteiger partial charge < -0.3 is 19.9 Å². The van der Waals surface area contributed by atoms with Gasteiger partial charge in [-0.05, 0) is 54.0 Å². The summed E-state index contributed by atoms with van der Waals surface area (Å²) in [6, 6.07) is -0.179. The average molecular weight is 273 g/mol. The smallest absolute Gasteiger partial charge is 0.323 e. The summed E-state index contributed by atoms with van der Waals surface area (Å²) in [7, 11) is 6.22. The monoisotopic (exact) mass is 273 g/mol. The average Bonchev–Trinajstić information content (AvgIpc) is 2.36. The zero-order valence-corrected chi connectivity index (χ0v) is 13.2. The Kier molecular flexibility index (Phi) is 10.8. The predicted octanol–water partition coefficient (Wildman–Crippen LogP) is 0.801. The summed E-state index contributed by atoms with van der Waals surface area (Å²) in [4.78, 5) is 16.2. The van der Waals surface area contributed by atoms with Crippen LogP contribution in [-0.2, 0) is 9.53 Å². The van der Waals surface area contributed by atoms with Crippen molar-refractivity contribution in [1.82, 2.24) is 15.1 Å². The van der Waals surface area contributed by atoms with Gasteiger partial charge in [-0.15, -0.1) is 0 Å². The molecule has 0 rings (SSSR count). The molecule has 0 saturated carbocycles. The Bertz CT molecular complexity index is 235. The Morgan fingerprint density at radius 3 is 2.37 bits per heavy atom. The Morgan fingerprint density at radius 2 is 1.84 bits per heavy atom. The van der Waals surface area contributed by atoms with Gasteiger partial charge in [0.1, 0.15) is 6.04 Å². The molecule has 5 heteroatoms. The fourth-order valence-corrected chi connectivity index (χ4v) is 1.70.